The van der Waals surface area contributed by atoms with Crippen LogP contribution < -0.4 is 0 Å². The summed E-state index contributed by atoms with van der Waals surface area (Å²) in [6.07, 6.45) is 3.21. The number of ketones is 1. The van der Waals surface area contributed by atoms with Crippen LogP contribution in [0.5, 0.6) is 0 Å². The van der Waals surface area contributed by atoms with Crippen molar-refractivity contribution in [3.05, 3.63) is 78.3 Å². The van der Waals surface area contributed by atoms with Gasteiger partial charge in [0.15, 0.2) is 0 Å². The first-order valence-corrected chi connectivity index (χ1v) is 5.95. The molecule has 0 bridgehead atoms. The van der Waals surface area contributed by atoms with E-state index in [-0.39, 0.29) is 5.78 Å². The second kappa shape index (κ2) is 4.90. The normalized spacial score (nSPS) is 10.3. The van der Waals surface area contributed by atoms with Crippen molar-refractivity contribution < 1.29 is 9.21 Å². The van der Waals surface area contributed by atoms with E-state index in [1.54, 1.807) is 42.8 Å². The van der Waals surface area contributed by atoms with E-state index in [9.17, 15) is 4.79 Å². The zero-order valence-corrected chi connectivity index (χ0v) is 10.1. The van der Waals surface area contributed by atoms with E-state index < -0.39 is 0 Å². The van der Waals surface area contributed by atoms with Crippen molar-refractivity contribution in [2.24, 2.45) is 0 Å². The molecule has 0 N–H and O–H groups in total. The Hall–Kier alpha value is -2.68. The molecule has 0 atom stereocenters. The molecule has 19 heavy (non-hydrogen) atoms. The first-order valence-electron chi connectivity index (χ1n) is 5.95. The summed E-state index contributed by atoms with van der Waals surface area (Å²) in [5.41, 5.74) is 1.81. The van der Waals surface area contributed by atoms with Crippen LogP contribution in [-0.4, -0.2) is 10.8 Å². The lowest BCUT2D eigenvalue weighted by atomic mass is 9.99. The van der Waals surface area contributed by atoms with Crippen molar-refractivity contribution in [1.29, 1.82) is 0 Å². The molecular formula is C16H11NO2. The minimum Gasteiger partial charge on any atom is -0.464 e. The summed E-state index contributed by atoms with van der Waals surface area (Å²) in [5.74, 6) is 0.576. The zero-order chi connectivity index (χ0) is 13.1. The summed E-state index contributed by atoms with van der Waals surface area (Å²) >= 11 is 0. The molecular weight excluding hydrogens is 238 g/mol. The molecule has 0 unspecified atom stereocenters. The van der Waals surface area contributed by atoms with Gasteiger partial charge in [-0.3, -0.25) is 9.78 Å². The highest BCUT2D eigenvalue weighted by atomic mass is 16.3. The molecule has 0 radical (unpaired) electrons. The summed E-state index contributed by atoms with van der Waals surface area (Å²) in [6, 6.07) is 16.3. The molecule has 1 aromatic carbocycles. The van der Waals surface area contributed by atoms with Gasteiger partial charge in [0.2, 0.25) is 5.78 Å². The van der Waals surface area contributed by atoms with Crippen LogP contribution in [0.25, 0.3) is 11.3 Å². The van der Waals surface area contributed by atoms with Gasteiger partial charge in [0.1, 0.15) is 11.5 Å². The maximum atomic E-state index is 12.5. The molecule has 0 saturated heterocycles. The molecule has 0 saturated carbocycles. The molecule has 0 fully saturated rings. The average molecular weight is 249 g/mol. The maximum absolute atomic E-state index is 12.5. The summed E-state index contributed by atoms with van der Waals surface area (Å²) < 4.78 is 5.37. The Labute approximate surface area is 110 Å². The Balaban J connectivity index is 2.09. The van der Waals surface area contributed by atoms with E-state index in [4.69, 9.17) is 4.42 Å². The number of furan rings is 1. The van der Waals surface area contributed by atoms with Crippen LogP contribution in [0.3, 0.4) is 0 Å². The number of pyridine rings is 1. The van der Waals surface area contributed by atoms with Gasteiger partial charge in [0, 0.05) is 17.3 Å². The Morgan fingerprint density at radius 1 is 0.947 bits per heavy atom. The predicted molar refractivity (Wildman–Crippen MR) is 71.8 cm³/mol. The van der Waals surface area contributed by atoms with Crippen molar-refractivity contribution in [3.8, 4) is 11.3 Å². The fraction of sp³-hybridized carbons (Fsp3) is 0. The Morgan fingerprint density at radius 2 is 1.79 bits per heavy atom. The van der Waals surface area contributed by atoms with E-state index in [0.717, 1.165) is 5.56 Å². The number of hydrogen-bond donors (Lipinski definition) is 0. The van der Waals surface area contributed by atoms with E-state index >= 15 is 0 Å². The largest absolute Gasteiger partial charge is 0.464 e. The van der Waals surface area contributed by atoms with Gasteiger partial charge in [-0.1, -0.05) is 30.3 Å². The van der Waals surface area contributed by atoms with Crippen LogP contribution in [0.4, 0.5) is 0 Å². The highest BCUT2D eigenvalue weighted by Crippen LogP contribution is 2.25. The predicted octanol–water partition coefficient (Wildman–Crippen LogP) is 3.57. The van der Waals surface area contributed by atoms with Gasteiger partial charge in [-0.2, -0.15) is 0 Å². The first kappa shape index (κ1) is 11.4. The number of carbonyl (C=O) groups excluding carboxylic acids is 1. The lowest BCUT2D eigenvalue weighted by molar-refractivity contribution is 0.103. The van der Waals surface area contributed by atoms with Crippen molar-refractivity contribution >= 4 is 5.78 Å². The maximum Gasteiger partial charge on any atom is 0.212 e. The lowest BCUT2D eigenvalue weighted by Crippen LogP contribution is -2.05. The molecule has 3 heteroatoms. The summed E-state index contributed by atoms with van der Waals surface area (Å²) in [4.78, 5) is 16.6. The number of hydrogen-bond acceptors (Lipinski definition) is 3. The van der Waals surface area contributed by atoms with Crippen molar-refractivity contribution in [1.82, 2.24) is 4.98 Å². The Kier molecular flexibility index (Phi) is 2.94. The Morgan fingerprint density at radius 3 is 2.53 bits per heavy atom. The van der Waals surface area contributed by atoms with E-state index in [1.807, 2.05) is 24.3 Å². The number of carbonyl (C=O) groups is 1. The molecule has 3 rings (SSSR count). The van der Waals surface area contributed by atoms with Gasteiger partial charge < -0.3 is 4.42 Å². The Bertz CT molecular complexity index is 688. The number of nitrogens with zero attached hydrogens (tertiary/aromatic N) is 1. The number of benzene rings is 1. The van der Waals surface area contributed by atoms with Crippen molar-refractivity contribution in [2.75, 3.05) is 0 Å². The summed E-state index contributed by atoms with van der Waals surface area (Å²) in [6.45, 7) is 0. The van der Waals surface area contributed by atoms with Crippen LogP contribution in [0.15, 0.2) is 71.5 Å². The molecule has 2 aromatic heterocycles. The molecule has 2 heterocycles. The molecule has 0 spiro atoms. The molecule has 0 amide bonds. The van der Waals surface area contributed by atoms with Crippen LogP contribution >= 0.6 is 0 Å². The monoisotopic (exact) mass is 249 g/mol. The third-order valence-corrected chi connectivity index (χ3v) is 2.86. The second-order valence-electron chi connectivity index (χ2n) is 4.07. The standard InChI is InChI=1S/C16H11NO2/c18-16(14-8-3-4-10-17-14)13-7-2-1-6-12(13)15-9-5-11-19-15/h1-11H. The van der Waals surface area contributed by atoms with Gasteiger partial charge in [-0.05, 0) is 24.3 Å². The van der Waals surface area contributed by atoms with Crippen LogP contribution in [-0.2, 0) is 0 Å². The summed E-state index contributed by atoms with van der Waals surface area (Å²) in [5, 5.41) is 0. The van der Waals surface area contributed by atoms with Gasteiger partial charge in [-0.15, -0.1) is 0 Å². The average Bonchev–Trinajstić information content (AvgIpc) is 3.01. The third-order valence-electron chi connectivity index (χ3n) is 2.86. The van der Waals surface area contributed by atoms with Crippen molar-refractivity contribution in [2.45, 2.75) is 0 Å². The summed E-state index contributed by atoms with van der Waals surface area (Å²) in [7, 11) is 0. The van der Waals surface area contributed by atoms with Crippen LogP contribution in [0, 0.1) is 0 Å². The zero-order valence-electron chi connectivity index (χ0n) is 10.1. The fourth-order valence-corrected chi connectivity index (χ4v) is 1.96. The van der Waals surface area contributed by atoms with Gasteiger partial charge >= 0.3 is 0 Å². The number of rotatable bonds is 3. The first-order chi connectivity index (χ1) is 9.36. The highest BCUT2D eigenvalue weighted by molar-refractivity contribution is 6.11. The molecule has 3 aromatic rings. The van der Waals surface area contributed by atoms with E-state index in [2.05, 4.69) is 4.98 Å². The van der Waals surface area contributed by atoms with Gasteiger partial charge in [0.05, 0.1) is 6.26 Å². The van der Waals surface area contributed by atoms with E-state index in [0.29, 0.717) is 17.0 Å². The second-order valence-corrected chi connectivity index (χ2v) is 4.07. The third kappa shape index (κ3) is 2.18. The van der Waals surface area contributed by atoms with Crippen LogP contribution in [0.1, 0.15) is 16.1 Å². The minimum absolute atomic E-state index is 0.104. The molecule has 3 nitrogen and oxygen atoms in total. The topological polar surface area (TPSA) is 43.1 Å². The lowest BCUT2D eigenvalue weighted by Gasteiger charge is -2.05. The highest BCUT2D eigenvalue weighted by Gasteiger charge is 2.16. The minimum atomic E-state index is -0.104. The molecule has 0 aliphatic rings. The molecule has 92 valence electrons. The van der Waals surface area contributed by atoms with Crippen molar-refractivity contribution in [3.63, 3.8) is 0 Å². The smallest absolute Gasteiger partial charge is 0.212 e. The van der Waals surface area contributed by atoms with Gasteiger partial charge in [0.25, 0.3) is 0 Å². The molecule has 0 aliphatic carbocycles. The quantitative estimate of drug-likeness (QED) is 0.666. The number of aromatic nitrogens is 1. The SMILES string of the molecule is O=C(c1ccccn1)c1ccccc1-c1ccco1. The molecule has 0 aliphatic heterocycles. The van der Waals surface area contributed by atoms with Gasteiger partial charge in [-0.25, -0.2) is 0 Å². The van der Waals surface area contributed by atoms with E-state index in [1.165, 1.54) is 0 Å². The fourth-order valence-electron chi connectivity index (χ4n) is 1.96. The van der Waals surface area contributed by atoms with Crippen LogP contribution in [0.2, 0.25) is 0 Å².